The number of fused-ring (bicyclic) bond motifs is 1. The van der Waals surface area contributed by atoms with E-state index in [0.29, 0.717) is 12.3 Å². The third-order valence-corrected chi connectivity index (χ3v) is 4.82. The minimum absolute atomic E-state index is 0.345. The van der Waals surface area contributed by atoms with Crippen molar-refractivity contribution in [3.63, 3.8) is 0 Å². The van der Waals surface area contributed by atoms with Gasteiger partial charge in [-0.3, -0.25) is 0 Å². The Labute approximate surface area is 159 Å². The van der Waals surface area contributed by atoms with Gasteiger partial charge in [0.05, 0.1) is 18.0 Å². The summed E-state index contributed by atoms with van der Waals surface area (Å²) in [6, 6.07) is 18.4. The van der Waals surface area contributed by atoms with Crippen LogP contribution in [-0.2, 0) is 11.2 Å². The normalized spacial score (nSPS) is 14.4. The van der Waals surface area contributed by atoms with Crippen LogP contribution >= 0.6 is 0 Å². The fraction of sp³-hybridized carbons (Fsp3) is 0.217. The number of rotatable bonds is 4. The molecule has 4 heteroatoms. The van der Waals surface area contributed by atoms with Crippen molar-refractivity contribution < 1.29 is 9.53 Å². The van der Waals surface area contributed by atoms with Crippen LogP contribution in [0.25, 0.3) is 17.3 Å². The van der Waals surface area contributed by atoms with Gasteiger partial charge in [-0.25, -0.2) is 9.48 Å². The van der Waals surface area contributed by atoms with E-state index in [9.17, 15) is 4.79 Å². The monoisotopic (exact) mass is 358 g/mol. The van der Waals surface area contributed by atoms with Gasteiger partial charge in [0.15, 0.2) is 5.69 Å². The first kappa shape index (κ1) is 17.3. The number of carbonyl (C=O) groups is 1. The maximum Gasteiger partial charge on any atom is 0.359 e. The number of aryl methyl sites for hydroxylation is 1. The largest absolute Gasteiger partial charge is 0.461 e. The van der Waals surface area contributed by atoms with E-state index in [1.165, 1.54) is 11.1 Å². The molecule has 2 aromatic carbocycles. The number of allylic oxidation sites excluding steroid dienone is 1. The van der Waals surface area contributed by atoms with Crippen LogP contribution in [0.2, 0.25) is 0 Å². The molecule has 0 aliphatic heterocycles. The zero-order valence-corrected chi connectivity index (χ0v) is 15.6. The summed E-state index contributed by atoms with van der Waals surface area (Å²) in [6.07, 6.45) is 3.88. The second-order valence-electron chi connectivity index (χ2n) is 6.72. The molecular weight excluding hydrogens is 336 g/mol. The van der Waals surface area contributed by atoms with Gasteiger partial charge in [0.25, 0.3) is 0 Å². The molecule has 136 valence electrons. The first-order chi connectivity index (χ1) is 13.2. The van der Waals surface area contributed by atoms with Crippen molar-refractivity contribution in [2.75, 3.05) is 6.61 Å². The van der Waals surface area contributed by atoms with Gasteiger partial charge in [-0.15, -0.1) is 0 Å². The topological polar surface area (TPSA) is 44.1 Å². The van der Waals surface area contributed by atoms with E-state index in [-0.39, 0.29) is 5.97 Å². The van der Waals surface area contributed by atoms with Gasteiger partial charge < -0.3 is 4.74 Å². The highest BCUT2D eigenvalue weighted by atomic mass is 16.5. The summed E-state index contributed by atoms with van der Waals surface area (Å²) in [5, 5.41) is 4.64. The Morgan fingerprint density at radius 1 is 1.11 bits per heavy atom. The van der Waals surface area contributed by atoms with Crippen molar-refractivity contribution in [3.05, 3.63) is 82.7 Å². The molecule has 0 atom stereocenters. The van der Waals surface area contributed by atoms with Crippen LogP contribution in [-0.4, -0.2) is 22.4 Å². The second-order valence-corrected chi connectivity index (χ2v) is 6.72. The van der Waals surface area contributed by atoms with Crippen molar-refractivity contribution in [3.8, 4) is 5.69 Å². The first-order valence-corrected chi connectivity index (χ1v) is 9.29. The summed E-state index contributed by atoms with van der Waals surface area (Å²) in [5.74, 6) is -0.347. The molecule has 1 aromatic heterocycles. The Bertz CT molecular complexity index is 999. The molecule has 4 nitrogen and oxygen atoms in total. The molecule has 1 aliphatic rings. The Balaban J connectivity index is 1.86. The Kier molecular flexibility index (Phi) is 4.63. The molecule has 0 amide bonds. The summed E-state index contributed by atoms with van der Waals surface area (Å²) in [5.41, 5.74) is 6.92. The van der Waals surface area contributed by atoms with Crippen molar-refractivity contribution in [1.29, 1.82) is 0 Å². The molecule has 3 aromatic rings. The maximum absolute atomic E-state index is 12.5. The number of hydrogen-bond acceptors (Lipinski definition) is 3. The minimum Gasteiger partial charge on any atom is -0.461 e. The molecular formula is C23H22N2O2. The van der Waals surface area contributed by atoms with Crippen LogP contribution in [0.1, 0.15) is 46.2 Å². The quantitative estimate of drug-likeness (QED) is 0.627. The number of benzene rings is 2. The van der Waals surface area contributed by atoms with Gasteiger partial charge in [-0.05, 0) is 56.0 Å². The summed E-state index contributed by atoms with van der Waals surface area (Å²) in [7, 11) is 0. The average molecular weight is 358 g/mol. The third kappa shape index (κ3) is 3.31. The minimum atomic E-state index is -0.347. The number of carbonyl (C=O) groups excluding carboxylic acids is 1. The zero-order valence-electron chi connectivity index (χ0n) is 15.6. The van der Waals surface area contributed by atoms with E-state index in [1.54, 1.807) is 0 Å². The van der Waals surface area contributed by atoms with Gasteiger partial charge in [0.1, 0.15) is 0 Å². The van der Waals surface area contributed by atoms with Crippen LogP contribution in [0.15, 0.2) is 54.6 Å². The molecule has 27 heavy (non-hydrogen) atoms. The highest BCUT2D eigenvalue weighted by Crippen LogP contribution is 2.37. The molecule has 0 saturated heterocycles. The van der Waals surface area contributed by atoms with Crippen LogP contribution in [0, 0.1) is 6.92 Å². The lowest BCUT2D eigenvalue weighted by atomic mass is 10.1. The third-order valence-electron chi connectivity index (χ3n) is 4.82. The highest BCUT2D eigenvalue weighted by Gasteiger charge is 2.30. The van der Waals surface area contributed by atoms with Gasteiger partial charge in [0.2, 0.25) is 0 Å². The van der Waals surface area contributed by atoms with Crippen molar-refractivity contribution in [2.24, 2.45) is 0 Å². The van der Waals surface area contributed by atoms with E-state index in [4.69, 9.17) is 4.74 Å². The fourth-order valence-electron chi connectivity index (χ4n) is 3.52. The Morgan fingerprint density at radius 3 is 2.56 bits per heavy atom. The van der Waals surface area contributed by atoms with Crippen LogP contribution in [0.4, 0.5) is 0 Å². The van der Waals surface area contributed by atoms with Crippen LogP contribution < -0.4 is 0 Å². The van der Waals surface area contributed by atoms with Crippen molar-refractivity contribution in [1.82, 2.24) is 9.78 Å². The molecule has 4 rings (SSSR count). The SMILES string of the molecule is CCOC(=O)c1nn(-c2ccc(C)cc2)c2c1CCC2=Cc1ccccc1. The Morgan fingerprint density at radius 2 is 1.85 bits per heavy atom. The van der Waals surface area contributed by atoms with E-state index in [2.05, 4.69) is 42.4 Å². The number of hydrogen-bond donors (Lipinski definition) is 0. The molecule has 0 bridgehead atoms. The van der Waals surface area contributed by atoms with Crippen LogP contribution in [0.5, 0.6) is 0 Å². The van der Waals surface area contributed by atoms with E-state index >= 15 is 0 Å². The lowest BCUT2D eigenvalue weighted by Crippen LogP contribution is -2.09. The molecule has 1 heterocycles. The Hall–Kier alpha value is -3.14. The van der Waals surface area contributed by atoms with E-state index in [1.807, 2.05) is 41.9 Å². The van der Waals surface area contributed by atoms with E-state index in [0.717, 1.165) is 35.3 Å². The zero-order chi connectivity index (χ0) is 18.8. The summed E-state index contributed by atoms with van der Waals surface area (Å²) >= 11 is 0. The van der Waals surface area contributed by atoms with Gasteiger partial charge in [-0.1, -0.05) is 48.0 Å². The first-order valence-electron chi connectivity index (χ1n) is 9.29. The molecule has 1 aliphatic carbocycles. The molecule has 0 spiro atoms. The van der Waals surface area contributed by atoms with Gasteiger partial charge in [-0.2, -0.15) is 5.10 Å². The predicted octanol–water partition coefficient (Wildman–Crippen LogP) is 4.84. The molecule has 0 unspecified atom stereocenters. The summed E-state index contributed by atoms with van der Waals surface area (Å²) < 4.78 is 7.13. The number of aromatic nitrogens is 2. The van der Waals surface area contributed by atoms with Gasteiger partial charge in [0, 0.05) is 5.56 Å². The summed E-state index contributed by atoms with van der Waals surface area (Å²) in [4.78, 5) is 12.5. The molecule has 0 fully saturated rings. The number of nitrogens with zero attached hydrogens (tertiary/aromatic N) is 2. The van der Waals surface area contributed by atoms with Crippen molar-refractivity contribution in [2.45, 2.75) is 26.7 Å². The van der Waals surface area contributed by atoms with E-state index < -0.39 is 0 Å². The maximum atomic E-state index is 12.5. The highest BCUT2D eigenvalue weighted by molar-refractivity contribution is 5.94. The molecule has 0 N–H and O–H groups in total. The smallest absolute Gasteiger partial charge is 0.359 e. The number of ether oxygens (including phenoxy) is 1. The van der Waals surface area contributed by atoms with Crippen molar-refractivity contribution >= 4 is 17.6 Å². The molecule has 0 radical (unpaired) electrons. The fourth-order valence-corrected chi connectivity index (χ4v) is 3.52. The lowest BCUT2D eigenvalue weighted by Gasteiger charge is -2.08. The predicted molar refractivity (Wildman–Crippen MR) is 107 cm³/mol. The number of esters is 1. The average Bonchev–Trinajstić information content (AvgIpc) is 3.25. The summed E-state index contributed by atoms with van der Waals surface area (Å²) in [6.45, 7) is 4.22. The second kappa shape index (κ2) is 7.23. The van der Waals surface area contributed by atoms with Crippen LogP contribution in [0.3, 0.4) is 0 Å². The lowest BCUT2D eigenvalue weighted by molar-refractivity contribution is 0.0517. The standard InChI is InChI=1S/C23H22N2O2/c1-3-27-23(26)21-20-14-11-18(15-17-7-5-4-6-8-17)22(20)25(24-21)19-12-9-16(2)10-13-19/h4-10,12-13,15H,3,11,14H2,1-2H3. The van der Waals surface area contributed by atoms with Gasteiger partial charge >= 0.3 is 5.97 Å². The molecule has 0 saturated carbocycles.